The lowest BCUT2D eigenvalue weighted by Crippen LogP contribution is -1.96. The summed E-state index contributed by atoms with van der Waals surface area (Å²) in [6, 6.07) is 80.0. The van der Waals surface area contributed by atoms with Gasteiger partial charge in [-0.1, -0.05) is 194 Å². The zero-order valence-electron chi connectivity index (χ0n) is 33.7. The minimum Gasteiger partial charge on any atom is -0.247 e. The number of fused-ring (bicyclic) bond motifs is 7. The van der Waals surface area contributed by atoms with Gasteiger partial charge in [0.2, 0.25) is 0 Å². The fourth-order valence-corrected chi connectivity index (χ4v) is 9.01. The van der Waals surface area contributed by atoms with E-state index in [0.29, 0.717) is 5.82 Å². The molecule has 0 aliphatic rings. The van der Waals surface area contributed by atoms with Crippen LogP contribution in [0.5, 0.6) is 0 Å². The molecule has 0 aliphatic carbocycles. The third-order valence-corrected chi connectivity index (χ3v) is 12.2. The summed E-state index contributed by atoms with van der Waals surface area (Å²) in [7, 11) is 0. The van der Waals surface area contributed by atoms with Crippen molar-refractivity contribution in [2.24, 2.45) is 0 Å². The average Bonchev–Trinajstić information content (AvgIpc) is 3.35. The number of pyridine rings is 1. The molecule has 0 unspecified atom stereocenters. The first-order valence-corrected chi connectivity index (χ1v) is 21.1. The van der Waals surface area contributed by atoms with Crippen molar-refractivity contribution in [1.82, 2.24) is 15.0 Å². The van der Waals surface area contributed by atoms with Gasteiger partial charge in [-0.05, 0) is 84.9 Å². The highest BCUT2D eigenvalue weighted by Crippen LogP contribution is 2.39. The summed E-state index contributed by atoms with van der Waals surface area (Å²) in [5.41, 5.74) is 12.6. The Labute approximate surface area is 359 Å². The molecule has 62 heavy (non-hydrogen) atoms. The molecular weight excluding hydrogens is 751 g/mol. The van der Waals surface area contributed by atoms with E-state index in [1.807, 2.05) is 0 Å². The van der Waals surface area contributed by atoms with Crippen LogP contribution in [0, 0.1) is 0 Å². The summed E-state index contributed by atoms with van der Waals surface area (Å²) in [5, 5.41) is 10.7. The van der Waals surface area contributed by atoms with Gasteiger partial charge >= 0.3 is 0 Å². The number of rotatable bonds is 6. The molecule has 0 amide bonds. The van der Waals surface area contributed by atoms with Crippen LogP contribution in [0.15, 0.2) is 224 Å². The maximum Gasteiger partial charge on any atom is 0.160 e. The zero-order valence-corrected chi connectivity index (χ0v) is 33.7. The summed E-state index contributed by atoms with van der Waals surface area (Å²) in [6.45, 7) is 0. The second-order valence-electron chi connectivity index (χ2n) is 16.0. The van der Waals surface area contributed by atoms with Crippen molar-refractivity contribution in [1.29, 1.82) is 0 Å². The molecule has 288 valence electrons. The topological polar surface area (TPSA) is 38.7 Å². The van der Waals surface area contributed by atoms with Gasteiger partial charge in [0.05, 0.1) is 22.6 Å². The Morgan fingerprint density at radius 3 is 1.45 bits per heavy atom. The van der Waals surface area contributed by atoms with Gasteiger partial charge in [-0.15, -0.1) is 0 Å². The van der Waals surface area contributed by atoms with Gasteiger partial charge in [-0.25, -0.2) is 15.0 Å². The molecule has 0 bridgehead atoms. The molecule has 10 aromatic carbocycles. The Bertz CT molecular complexity index is 3570. The number of hydrogen-bond acceptors (Lipinski definition) is 3. The van der Waals surface area contributed by atoms with Gasteiger partial charge in [0.25, 0.3) is 0 Å². The molecular formula is C59H37N3. The van der Waals surface area contributed by atoms with Crippen molar-refractivity contribution in [3.63, 3.8) is 0 Å². The summed E-state index contributed by atoms with van der Waals surface area (Å²) < 4.78 is 0. The van der Waals surface area contributed by atoms with E-state index >= 15 is 0 Å². The molecule has 0 atom stereocenters. The first-order valence-electron chi connectivity index (χ1n) is 21.1. The van der Waals surface area contributed by atoms with Crippen molar-refractivity contribution in [3.8, 4) is 67.4 Å². The molecule has 0 N–H and O–H groups in total. The van der Waals surface area contributed by atoms with Crippen molar-refractivity contribution in [2.45, 2.75) is 0 Å². The lowest BCUT2D eigenvalue weighted by Gasteiger charge is -2.14. The molecule has 0 fully saturated rings. The van der Waals surface area contributed by atoms with E-state index in [0.717, 1.165) is 72.1 Å². The zero-order chi connectivity index (χ0) is 41.0. The summed E-state index contributed by atoms with van der Waals surface area (Å²) in [6.07, 6.45) is 0. The highest BCUT2D eigenvalue weighted by atomic mass is 14.9. The second kappa shape index (κ2) is 14.8. The first kappa shape index (κ1) is 35.7. The van der Waals surface area contributed by atoms with Gasteiger partial charge in [0.15, 0.2) is 5.82 Å². The maximum absolute atomic E-state index is 5.34. The molecule has 12 aromatic rings. The molecule has 2 heterocycles. The number of nitrogens with zero attached hydrogens (tertiary/aromatic N) is 3. The Morgan fingerprint density at radius 1 is 0.242 bits per heavy atom. The van der Waals surface area contributed by atoms with Crippen LogP contribution in [-0.4, -0.2) is 15.0 Å². The summed E-state index contributed by atoms with van der Waals surface area (Å²) >= 11 is 0. The normalized spacial score (nSPS) is 11.5. The van der Waals surface area contributed by atoms with Crippen molar-refractivity contribution >= 4 is 54.0 Å². The molecule has 12 rings (SSSR count). The lowest BCUT2D eigenvalue weighted by atomic mass is 9.93. The van der Waals surface area contributed by atoms with Crippen LogP contribution in [0.1, 0.15) is 0 Å². The molecule has 0 saturated carbocycles. The van der Waals surface area contributed by atoms with E-state index in [-0.39, 0.29) is 0 Å². The van der Waals surface area contributed by atoms with E-state index < -0.39 is 0 Å². The van der Waals surface area contributed by atoms with E-state index in [4.69, 9.17) is 15.0 Å². The fourth-order valence-electron chi connectivity index (χ4n) is 9.01. The maximum atomic E-state index is 5.34. The molecule has 0 spiro atoms. The van der Waals surface area contributed by atoms with E-state index in [9.17, 15) is 0 Å². The molecule has 2 aromatic heterocycles. The third-order valence-electron chi connectivity index (χ3n) is 12.2. The van der Waals surface area contributed by atoms with Gasteiger partial charge in [-0.2, -0.15) is 0 Å². The minimum absolute atomic E-state index is 0.704. The monoisotopic (exact) mass is 787 g/mol. The van der Waals surface area contributed by atoms with Crippen molar-refractivity contribution in [3.05, 3.63) is 224 Å². The summed E-state index contributed by atoms with van der Waals surface area (Å²) in [5.74, 6) is 0.704. The van der Waals surface area contributed by atoms with Crippen LogP contribution >= 0.6 is 0 Å². The van der Waals surface area contributed by atoms with Crippen molar-refractivity contribution < 1.29 is 0 Å². The van der Waals surface area contributed by atoms with Gasteiger partial charge in [0, 0.05) is 38.4 Å². The standard InChI is InChI=1S/C59H37N3/c1-2-10-38(11-3-1)48-31-33-54-53(36-48)57-51-17-9-8-14-43(51)30-32-52(57)58(60-54)45-26-20-42(21-27-45)41-18-24-44(25-19-41)55-37-56(49-28-22-39-12-4-6-15-46(39)34-49)62-59(61-55)50-29-23-40-13-5-7-16-47(40)35-50/h1-37H. The van der Waals surface area contributed by atoms with Crippen LogP contribution in [0.4, 0.5) is 0 Å². The highest BCUT2D eigenvalue weighted by molar-refractivity contribution is 6.22. The van der Waals surface area contributed by atoms with Crippen LogP contribution < -0.4 is 0 Å². The van der Waals surface area contributed by atoms with Crippen LogP contribution in [0.25, 0.3) is 121 Å². The molecule has 0 saturated heterocycles. The molecule has 3 nitrogen and oxygen atoms in total. The number of hydrogen-bond donors (Lipinski definition) is 0. The minimum atomic E-state index is 0.704. The van der Waals surface area contributed by atoms with E-state index in [1.54, 1.807) is 0 Å². The van der Waals surface area contributed by atoms with Gasteiger partial charge in [-0.3, -0.25) is 0 Å². The van der Waals surface area contributed by atoms with Crippen LogP contribution in [0.2, 0.25) is 0 Å². The van der Waals surface area contributed by atoms with Crippen LogP contribution in [-0.2, 0) is 0 Å². The highest BCUT2D eigenvalue weighted by Gasteiger charge is 2.16. The Kier molecular flexibility index (Phi) is 8.50. The summed E-state index contributed by atoms with van der Waals surface area (Å²) in [4.78, 5) is 15.7. The largest absolute Gasteiger partial charge is 0.247 e. The predicted octanol–water partition coefficient (Wildman–Crippen LogP) is 15.6. The Morgan fingerprint density at radius 2 is 0.742 bits per heavy atom. The van der Waals surface area contributed by atoms with Crippen molar-refractivity contribution in [2.75, 3.05) is 0 Å². The second-order valence-corrected chi connectivity index (χ2v) is 16.0. The van der Waals surface area contributed by atoms with Crippen LogP contribution in [0.3, 0.4) is 0 Å². The number of benzene rings is 10. The van der Waals surface area contributed by atoms with Gasteiger partial charge < -0.3 is 0 Å². The predicted molar refractivity (Wildman–Crippen MR) is 260 cm³/mol. The molecule has 3 heteroatoms. The average molecular weight is 788 g/mol. The molecule has 0 radical (unpaired) electrons. The lowest BCUT2D eigenvalue weighted by molar-refractivity contribution is 1.18. The van der Waals surface area contributed by atoms with E-state index in [1.165, 1.54) is 43.4 Å². The first-order chi connectivity index (χ1) is 30.7. The fraction of sp³-hybridized carbons (Fsp3) is 0. The SMILES string of the molecule is c1ccc(-c2ccc3nc(-c4ccc(-c5ccc(-c6cc(-c7ccc8ccccc8c7)nc(-c7ccc8ccccc8c7)n6)cc5)cc4)c4ccc5ccccc5c4c3c2)cc1. The van der Waals surface area contributed by atoms with E-state index in [2.05, 4.69) is 224 Å². The quantitative estimate of drug-likeness (QED) is 0.158. The number of aromatic nitrogens is 3. The Hall–Kier alpha value is -8.27. The third kappa shape index (κ3) is 6.36. The smallest absolute Gasteiger partial charge is 0.160 e. The van der Waals surface area contributed by atoms with Gasteiger partial charge in [0.1, 0.15) is 0 Å². The Balaban J connectivity index is 0.915. The molecule has 0 aliphatic heterocycles.